The zero-order chi connectivity index (χ0) is 17.2. The van der Waals surface area contributed by atoms with Crippen molar-refractivity contribution in [2.24, 2.45) is 0 Å². The van der Waals surface area contributed by atoms with E-state index in [4.69, 9.17) is 5.26 Å². The van der Waals surface area contributed by atoms with Crippen LogP contribution < -0.4 is 10.2 Å². The van der Waals surface area contributed by atoms with Gasteiger partial charge in [-0.15, -0.1) is 0 Å². The van der Waals surface area contributed by atoms with Crippen molar-refractivity contribution in [3.05, 3.63) is 34.9 Å². The Hall–Kier alpha value is -2.28. The molecule has 0 saturated carbocycles. The van der Waals surface area contributed by atoms with Crippen LogP contribution in [0.5, 0.6) is 0 Å². The van der Waals surface area contributed by atoms with E-state index in [1.165, 1.54) is 18.3 Å². The van der Waals surface area contributed by atoms with Gasteiger partial charge in [-0.05, 0) is 62.4 Å². The number of carbonyl (C=O) groups is 1. The molecule has 1 N–H and O–H groups in total. The average molecular weight is 311 g/mol. The van der Waals surface area contributed by atoms with Crippen molar-refractivity contribution in [3.8, 4) is 6.07 Å². The first-order chi connectivity index (χ1) is 10.8. The summed E-state index contributed by atoms with van der Waals surface area (Å²) in [6, 6.07) is 8.17. The Kier molecular flexibility index (Phi) is 4.79. The minimum absolute atomic E-state index is 0.128. The van der Waals surface area contributed by atoms with Gasteiger partial charge in [-0.1, -0.05) is 13.0 Å². The van der Waals surface area contributed by atoms with Crippen LogP contribution in [0.2, 0.25) is 0 Å². The molecule has 0 spiro atoms. The van der Waals surface area contributed by atoms with Gasteiger partial charge in [-0.2, -0.15) is 5.26 Å². The third-order valence-corrected chi connectivity index (χ3v) is 4.63. The molecule has 1 aliphatic rings. The normalized spacial score (nSPS) is 19.7. The fourth-order valence-electron chi connectivity index (χ4n) is 3.65. The van der Waals surface area contributed by atoms with E-state index in [2.05, 4.69) is 50.0 Å². The van der Waals surface area contributed by atoms with E-state index in [-0.39, 0.29) is 17.0 Å². The summed E-state index contributed by atoms with van der Waals surface area (Å²) in [7, 11) is 1.53. The first kappa shape index (κ1) is 17.1. The van der Waals surface area contributed by atoms with Crippen LogP contribution in [0.15, 0.2) is 23.8 Å². The van der Waals surface area contributed by atoms with E-state index in [1.54, 1.807) is 6.08 Å². The molecule has 122 valence electrons. The molecule has 1 aromatic rings. The highest BCUT2D eigenvalue weighted by atomic mass is 16.1. The molecule has 0 bridgehead atoms. The minimum atomic E-state index is -0.352. The standard InChI is InChI=1S/C19H25N3O/c1-6-22-17-8-7-14(9-15(12-20)18(23)21-5)10-16(17)13(2)11-19(22,3)4/h7-10,13H,6,11H2,1-5H3,(H,21,23)/b15-9-/t13-/m1/s1. The first-order valence-corrected chi connectivity index (χ1v) is 8.09. The molecule has 0 radical (unpaired) electrons. The number of nitriles is 1. The van der Waals surface area contributed by atoms with E-state index in [0.717, 1.165) is 18.5 Å². The summed E-state index contributed by atoms with van der Waals surface area (Å²) in [5.74, 6) is 0.0938. The van der Waals surface area contributed by atoms with Crippen LogP contribution in [0.25, 0.3) is 6.08 Å². The second-order valence-corrected chi connectivity index (χ2v) is 6.73. The summed E-state index contributed by atoms with van der Waals surface area (Å²) in [4.78, 5) is 14.1. The summed E-state index contributed by atoms with van der Waals surface area (Å²) >= 11 is 0. The van der Waals surface area contributed by atoms with Crippen molar-refractivity contribution in [1.82, 2.24) is 5.32 Å². The maximum absolute atomic E-state index is 11.7. The number of likely N-dealkylation sites (N-methyl/N-ethyl adjacent to an activating group) is 1. The Morgan fingerprint density at radius 2 is 2.22 bits per heavy atom. The van der Waals surface area contributed by atoms with Crippen LogP contribution >= 0.6 is 0 Å². The van der Waals surface area contributed by atoms with Gasteiger partial charge < -0.3 is 10.2 Å². The Balaban J connectivity index is 2.48. The molecule has 1 amide bonds. The lowest BCUT2D eigenvalue weighted by Crippen LogP contribution is -2.48. The van der Waals surface area contributed by atoms with Gasteiger partial charge in [0.2, 0.25) is 0 Å². The summed E-state index contributed by atoms with van der Waals surface area (Å²) in [6.07, 6.45) is 2.74. The molecule has 1 heterocycles. The predicted octanol–water partition coefficient (Wildman–Crippen LogP) is 3.45. The van der Waals surface area contributed by atoms with Crippen molar-refractivity contribution in [3.63, 3.8) is 0 Å². The average Bonchev–Trinajstić information content (AvgIpc) is 2.51. The van der Waals surface area contributed by atoms with Gasteiger partial charge >= 0.3 is 0 Å². The number of hydrogen-bond acceptors (Lipinski definition) is 3. The number of amides is 1. The number of benzene rings is 1. The Bertz CT molecular complexity index is 682. The van der Waals surface area contributed by atoms with Crippen molar-refractivity contribution >= 4 is 17.7 Å². The van der Waals surface area contributed by atoms with Crippen molar-refractivity contribution in [2.75, 3.05) is 18.5 Å². The fourth-order valence-corrected chi connectivity index (χ4v) is 3.65. The molecule has 0 aliphatic carbocycles. The number of nitrogens with zero attached hydrogens (tertiary/aromatic N) is 2. The number of fused-ring (bicyclic) bond motifs is 1. The predicted molar refractivity (Wildman–Crippen MR) is 94.2 cm³/mol. The molecule has 2 rings (SSSR count). The van der Waals surface area contributed by atoms with Gasteiger partial charge in [-0.25, -0.2) is 0 Å². The summed E-state index contributed by atoms with van der Waals surface area (Å²) in [5.41, 5.74) is 3.70. The van der Waals surface area contributed by atoms with Gasteiger partial charge in [-0.3, -0.25) is 4.79 Å². The van der Waals surface area contributed by atoms with Gasteiger partial charge in [0.1, 0.15) is 11.6 Å². The topological polar surface area (TPSA) is 56.1 Å². The Morgan fingerprint density at radius 1 is 1.52 bits per heavy atom. The van der Waals surface area contributed by atoms with Crippen LogP contribution in [0.1, 0.15) is 51.2 Å². The molecule has 0 unspecified atom stereocenters. The zero-order valence-electron chi connectivity index (χ0n) is 14.6. The van der Waals surface area contributed by atoms with Crippen LogP contribution in [0.3, 0.4) is 0 Å². The SMILES string of the molecule is CCN1c2ccc(/C=C(/C#N)C(=O)NC)cc2[C@H](C)CC1(C)C. The van der Waals surface area contributed by atoms with Crippen molar-refractivity contribution < 1.29 is 4.79 Å². The molecule has 1 aliphatic heterocycles. The van der Waals surface area contributed by atoms with E-state index < -0.39 is 0 Å². The molecule has 0 fully saturated rings. The third-order valence-electron chi connectivity index (χ3n) is 4.63. The highest BCUT2D eigenvalue weighted by Gasteiger charge is 2.35. The second kappa shape index (κ2) is 6.45. The van der Waals surface area contributed by atoms with Gasteiger partial charge in [0.25, 0.3) is 5.91 Å². The smallest absolute Gasteiger partial charge is 0.261 e. The molecule has 0 saturated heterocycles. The lowest BCUT2D eigenvalue weighted by molar-refractivity contribution is -0.116. The number of rotatable bonds is 3. The van der Waals surface area contributed by atoms with Gasteiger partial charge in [0.05, 0.1) is 0 Å². The van der Waals surface area contributed by atoms with Crippen molar-refractivity contribution in [2.45, 2.75) is 45.6 Å². The monoisotopic (exact) mass is 311 g/mol. The lowest BCUT2D eigenvalue weighted by atomic mass is 9.79. The molecule has 1 aromatic carbocycles. The third kappa shape index (κ3) is 3.24. The Morgan fingerprint density at radius 3 is 2.78 bits per heavy atom. The van der Waals surface area contributed by atoms with Gasteiger partial charge in [0.15, 0.2) is 0 Å². The molecule has 23 heavy (non-hydrogen) atoms. The van der Waals surface area contributed by atoms with E-state index in [0.29, 0.717) is 5.92 Å². The summed E-state index contributed by atoms with van der Waals surface area (Å²) in [5, 5.41) is 11.6. The maximum Gasteiger partial charge on any atom is 0.261 e. The number of carbonyl (C=O) groups excluding carboxylic acids is 1. The molecular weight excluding hydrogens is 286 g/mol. The van der Waals surface area contributed by atoms with E-state index in [9.17, 15) is 4.79 Å². The molecule has 4 heteroatoms. The quantitative estimate of drug-likeness (QED) is 0.687. The fraction of sp³-hybridized carbons (Fsp3) is 0.474. The lowest BCUT2D eigenvalue weighted by Gasteiger charge is -2.47. The summed E-state index contributed by atoms with van der Waals surface area (Å²) < 4.78 is 0. The molecular formula is C19H25N3O. The van der Waals surface area contributed by atoms with E-state index in [1.807, 2.05) is 12.1 Å². The van der Waals surface area contributed by atoms with Crippen molar-refractivity contribution in [1.29, 1.82) is 5.26 Å². The molecule has 4 nitrogen and oxygen atoms in total. The second-order valence-electron chi connectivity index (χ2n) is 6.73. The van der Waals surface area contributed by atoms with E-state index >= 15 is 0 Å². The molecule has 0 aromatic heterocycles. The molecule has 1 atom stereocenters. The van der Waals surface area contributed by atoms with Crippen LogP contribution in [-0.4, -0.2) is 25.0 Å². The Labute approximate surface area is 138 Å². The largest absolute Gasteiger partial charge is 0.366 e. The maximum atomic E-state index is 11.7. The highest BCUT2D eigenvalue weighted by Crippen LogP contribution is 2.43. The highest BCUT2D eigenvalue weighted by molar-refractivity contribution is 6.01. The van der Waals surface area contributed by atoms with Crippen LogP contribution in [-0.2, 0) is 4.79 Å². The summed E-state index contributed by atoms with van der Waals surface area (Å²) in [6.45, 7) is 9.94. The van der Waals surface area contributed by atoms with Gasteiger partial charge in [0, 0.05) is 24.8 Å². The first-order valence-electron chi connectivity index (χ1n) is 8.09. The van der Waals surface area contributed by atoms with Crippen LogP contribution in [0.4, 0.5) is 5.69 Å². The van der Waals surface area contributed by atoms with Crippen LogP contribution in [0, 0.1) is 11.3 Å². The number of anilines is 1. The zero-order valence-corrected chi connectivity index (χ0v) is 14.6. The number of hydrogen-bond donors (Lipinski definition) is 1. The number of nitrogens with one attached hydrogen (secondary N) is 1. The minimum Gasteiger partial charge on any atom is -0.366 e.